The molecule has 0 aromatic carbocycles. The number of hydrogen-bond donors (Lipinski definition) is 2. The second-order valence-corrected chi connectivity index (χ2v) is 3.20. The summed E-state index contributed by atoms with van der Waals surface area (Å²) in [6.45, 7) is 4.19. The van der Waals surface area contributed by atoms with Crippen LogP contribution in [-0.4, -0.2) is 35.1 Å². The SMILES string of the molecule is CC[C@H]1OC[C@@H](O)[C@@H](O)[C@@H]1C. The average Bonchev–Trinajstić information content (AvgIpc) is 2.01. The van der Waals surface area contributed by atoms with E-state index in [0.717, 1.165) is 6.42 Å². The van der Waals surface area contributed by atoms with Gasteiger partial charge in [-0.2, -0.15) is 0 Å². The molecule has 0 unspecified atom stereocenters. The molecule has 1 heterocycles. The van der Waals surface area contributed by atoms with Crippen LogP contribution in [0, 0.1) is 5.92 Å². The third-order valence-electron chi connectivity index (χ3n) is 2.40. The van der Waals surface area contributed by atoms with Gasteiger partial charge in [0, 0.05) is 5.92 Å². The van der Waals surface area contributed by atoms with Gasteiger partial charge in [-0.15, -0.1) is 0 Å². The summed E-state index contributed by atoms with van der Waals surface area (Å²) in [5.74, 6) is 0.0451. The van der Waals surface area contributed by atoms with Crippen LogP contribution >= 0.6 is 0 Å². The maximum atomic E-state index is 9.42. The van der Waals surface area contributed by atoms with Gasteiger partial charge in [-0.3, -0.25) is 0 Å². The number of aliphatic hydroxyl groups excluding tert-OH is 2. The predicted octanol–water partition coefficient (Wildman–Crippen LogP) is 0.153. The molecule has 0 radical (unpaired) electrons. The topological polar surface area (TPSA) is 49.7 Å². The normalized spacial score (nSPS) is 45.8. The Bertz CT molecular complexity index is 125. The van der Waals surface area contributed by atoms with Crippen LogP contribution in [0.25, 0.3) is 0 Å². The first-order valence-corrected chi connectivity index (χ1v) is 4.14. The van der Waals surface area contributed by atoms with E-state index in [9.17, 15) is 10.2 Å². The summed E-state index contributed by atoms with van der Waals surface area (Å²) in [6, 6.07) is 0. The molecule has 11 heavy (non-hydrogen) atoms. The highest BCUT2D eigenvalue weighted by Gasteiger charge is 2.34. The van der Waals surface area contributed by atoms with Crippen LogP contribution in [0.5, 0.6) is 0 Å². The van der Waals surface area contributed by atoms with Crippen molar-refractivity contribution in [3.8, 4) is 0 Å². The first-order chi connectivity index (χ1) is 5.16. The standard InChI is InChI=1S/C8H16O3/c1-3-7-5(2)8(10)6(9)4-11-7/h5-10H,3-4H2,1-2H3/t5-,6-,7-,8+/m1/s1. The van der Waals surface area contributed by atoms with E-state index in [-0.39, 0.29) is 18.6 Å². The van der Waals surface area contributed by atoms with Gasteiger partial charge >= 0.3 is 0 Å². The fourth-order valence-corrected chi connectivity index (χ4v) is 1.53. The summed E-state index contributed by atoms with van der Waals surface area (Å²) in [5, 5.41) is 18.6. The van der Waals surface area contributed by atoms with Gasteiger partial charge in [-0.05, 0) is 6.42 Å². The Morgan fingerprint density at radius 2 is 2.09 bits per heavy atom. The number of rotatable bonds is 1. The average molecular weight is 160 g/mol. The van der Waals surface area contributed by atoms with Crippen molar-refractivity contribution in [3.63, 3.8) is 0 Å². The zero-order valence-corrected chi connectivity index (χ0v) is 7.03. The van der Waals surface area contributed by atoms with Crippen molar-refractivity contribution in [2.75, 3.05) is 6.61 Å². The highest BCUT2D eigenvalue weighted by Crippen LogP contribution is 2.23. The van der Waals surface area contributed by atoms with Crippen LogP contribution in [0.3, 0.4) is 0 Å². The van der Waals surface area contributed by atoms with Crippen LogP contribution in [0.15, 0.2) is 0 Å². The molecule has 0 aliphatic carbocycles. The van der Waals surface area contributed by atoms with Crippen molar-refractivity contribution in [1.29, 1.82) is 0 Å². The molecular formula is C8H16O3. The fraction of sp³-hybridized carbons (Fsp3) is 1.00. The lowest BCUT2D eigenvalue weighted by Crippen LogP contribution is -2.47. The number of hydrogen-bond acceptors (Lipinski definition) is 3. The summed E-state index contributed by atoms with van der Waals surface area (Å²) >= 11 is 0. The smallest absolute Gasteiger partial charge is 0.104 e. The Kier molecular flexibility index (Phi) is 2.87. The summed E-state index contributed by atoms with van der Waals surface area (Å²) in [6.07, 6.45) is -0.319. The van der Waals surface area contributed by atoms with E-state index in [4.69, 9.17) is 4.74 Å². The monoisotopic (exact) mass is 160 g/mol. The molecule has 0 saturated carbocycles. The van der Waals surface area contributed by atoms with Crippen molar-refractivity contribution in [2.45, 2.75) is 38.6 Å². The molecule has 1 saturated heterocycles. The van der Waals surface area contributed by atoms with E-state index < -0.39 is 12.2 Å². The molecule has 1 aliphatic rings. The van der Waals surface area contributed by atoms with Crippen molar-refractivity contribution in [3.05, 3.63) is 0 Å². The first-order valence-electron chi connectivity index (χ1n) is 4.14. The summed E-state index contributed by atoms with van der Waals surface area (Å²) in [5.41, 5.74) is 0. The second kappa shape index (κ2) is 3.52. The van der Waals surface area contributed by atoms with Crippen LogP contribution < -0.4 is 0 Å². The Hall–Kier alpha value is -0.120. The second-order valence-electron chi connectivity index (χ2n) is 3.20. The largest absolute Gasteiger partial charge is 0.390 e. The van der Waals surface area contributed by atoms with E-state index in [1.54, 1.807) is 0 Å². The van der Waals surface area contributed by atoms with Crippen molar-refractivity contribution in [1.82, 2.24) is 0 Å². The van der Waals surface area contributed by atoms with Crippen molar-refractivity contribution < 1.29 is 14.9 Å². The lowest BCUT2D eigenvalue weighted by Gasteiger charge is -2.35. The van der Waals surface area contributed by atoms with Crippen molar-refractivity contribution >= 4 is 0 Å². The highest BCUT2D eigenvalue weighted by atomic mass is 16.5. The van der Waals surface area contributed by atoms with Gasteiger partial charge in [0.05, 0.1) is 18.8 Å². The van der Waals surface area contributed by atoms with Gasteiger partial charge in [-0.25, -0.2) is 0 Å². The van der Waals surface area contributed by atoms with Gasteiger partial charge < -0.3 is 14.9 Å². The van der Waals surface area contributed by atoms with Gasteiger partial charge in [0.2, 0.25) is 0 Å². The van der Waals surface area contributed by atoms with Gasteiger partial charge in [0.25, 0.3) is 0 Å². The van der Waals surface area contributed by atoms with Gasteiger partial charge in [-0.1, -0.05) is 13.8 Å². The van der Waals surface area contributed by atoms with Crippen LogP contribution in [0.2, 0.25) is 0 Å². The molecule has 66 valence electrons. The summed E-state index contributed by atoms with van der Waals surface area (Å²) < 4.78 is 5.31. The molecule has 0 aromatic rings. The third kappa shape index (κ3) is 1.72. The molecule has 1 aliphatic heterocycles. The predicted molar refractivity (Wildman–Crippen MR) is 41.2 cm³/mol. The van der Waals surface area contributed by atoms with E-state index >= 15 is 0 Å². The van der Waals surface area contributed by atoms with Crippen LogP contribution in [0.1, 0.15) is 20.3 Å². The zero-order valence-electron chi connectivity index (χ0n) is 7.03. The summed E-state index contributed by atoms with van der Waals surface area (Å²) in [4.78, 5) is 0. The van der Waals surface area contributed by atoms with Crippen LogP contribution in [-0.2, 0) is 4.74 Å². The molecule has 2 N–H and O–H groups in total. The van der Waals surface area contributed by atoms with E-state index in [0.29, 0.717) is 0 Å². The van der Waals surface area contributed by atoms with E-state index in [2.05, 4.69) is 0 Å². The highest BCUT2D eigenvalue weighted by molar-refractivity contribution is 4.82. The Labute approximate surface area is 67.0 Å². The Morgan fingerprint density at radius 3 is 2.64 bits per heavy atom. The molecular weight excluding hydrogens is 144 g/mol. The molecule has 0 spiro atoms. The number of aliphatic hydroxyl groups is 2. The minimum absolute atomic E-state index is 0.0451. The van der Waals surface area contributed by atoms with Gasteiger partial charge in [0.15, 0.2) is 0 Å². The quantitative estimate of drug-likeness (QED) is 0.574. The lowest BCUT2D eigenvalue weighted by molar-refractivity contribution is -0.153. The minimum atomic E-state index is -0.701. The van der Waals surface area contributed by atoms with E-state index in [1.807, 2.05) is 13.8 Å². The molecule has 1 rings (SSSR count). The Balaban J connectivity index is 2.52. The molecule has 4 atom stereocenters. The Morgan fingerprint density at radius 1 is 1.45 bits per heavy atom. The third-order valence-corrected chi connectivity index (χ3v) is 2.40. The molecule has 3 heteroatoms. The molecule has 3 nitrogen and oxygen atoms in total. The maximum absolute atomic E-state index is 9.42. The molecule has 1 fully saturated rings. The molecule has 0 amide bonds. The van der Waals surface area contributed by atoms with Crippen molar-refractivity contribution in [2.24, 2.45) is 5.92 Å². The minimum Gasteiger partial charge on any atom is -0.390 e. The van der Waals surface area contributed by atoms with E-state index in [1.165, 1.54) is 0 Å². The maximum Gasteiger partial charge on any atom is 0.104 e. The number of ether oxygens (including phenoxy) is 1. The molecule has 0 aromatic heterocycles. The van der Waals surface area contributed by atoms with Crippen LogP contribution in [0.4, 0.5) is 0 Å². The zero-order chi connectivity index (χ0) is 8.43. The summed E-state index contributed by atoms with van der Waals surface area (Å²) in [7, 11) is 0. The molecule has 0 bridgehead atoms. The fourth-order valence-electron chi connectivity index (χ4n) is 1.53. The van der Waals surface area contributed by atoms with Gasteiger partial charge in [0.1, 0.15) is 6.10 Å². The lowest BCUT2D eigenvalue weighted by atomic mass is 9.90. The first kappa shape index (κ1) is 8.97.